The van der Waals surface area contributed by atoms with Crippen molar-refractivity contribution < 1.29 is 19.2 Å². The number of Topliss-reactive ketones (excluding diaryl/α,β-unsaturated/α-hetero) is 1. The maximum atomic E-state index is 13.1. The van der Waals surface area contributed by atoms with Crippen molar-refractivity contribution in [2.75, 3.05) is 11.9 Å². The monoisotopic (exact) mass is 421 g/mol. The van der Waals surface area contributed by atoms with Crippen molar-refractivity contribution in [2.24, 2.45) is 5.92 Å². The lowest BCUT2D eigenvalue weighted by Crippen LogP contribution is -2.42. The number of imide groups is 1. The molecule has 7 heteroatoms. The zero-order valence-electron chi connectivity index (χ0n) is 18.2. The Hall–Kier alpha value is -3.48. The van der Waals surface area contributed by atoms with Crippen molar-refractivity contribution in [1.29, 1.82) is 0 Å². The predicted octanol–water partition coefficient (Wildman–Crippen LogP) is 3.63. The van der Waals surface area contributed by atoms with Crippen LogP contribution in [0.5, 0.6) is 0 Å². The third kappa shape index (κ3) is 4.66. The van der Waals surface area contributed by atoms with Crippen molar-refractivity contribution in [2.45, 2.75) is 39.7 Å². The maximum Gasteiger partial charge on any atom is 0.325 e. The highest BCUT2D eigenvalue weighted by atomic mass is 16.2. The molecular weight excluding hydrogens is 394 g/mol. The van der Waals surface area contributed by atoms with Crippen LogP contribution < -0.4 is 10.6 Å². The number of hydrogen-bond donors (Lipinski definition) is 2. The van der Waals surface area contributed by atoms with E-state index in [1.165, 1.54) is 0 Å². The van der Waals surface area contributed by atoms with Gasteiger partial charge >= 0.3 is 6.03 Å². The van der Waals surface area contributed by atoms with Crippen molar-refractivity contribution in [3.05, 3.63) is 65.2 Å². The molecule has 31 heavy (non-hydrogen) atoms. The van der Waals surface area contributed by atoms with Crippen LogP contribution in [0, 0.1) is 12.8 Å². The highest BCUT2D eigenvalue weighted by molar-refractivity contribution is 6.11. The number of urea groups is 1. The van der Waals surface area contributed by atoms with Crippen LogP contribution in [-0.4, -0.2) is 35.1 Å². The molecule has 1 heterocycles. The zero-order chi connectivity index (χ0) is 22.8. The van der Waals surface area contributed by atoms with Gasteiger partial charge in [-0.05, 0) is 55.2 Å². The second kappa shape index (κ2) is 8.71. The van der Waals surface area contributed by atoms with Crippen LogP contribution in [0.2, 0.25) is 0 Å². The summed E-state index contributed by atoms with van der Waals surface area (Å²) in [5.41, 5.74) is 1.30. The van der Waals surface area contributed by atoms with Gasteiger partial charge in [0.2, 0.25) is 5.91 Å². The van der Waals surface area contributed by atoms with Crippen molar-refractivity contribution >= 4 is 29.3 Å². The average molecular weight is 421 g/mol. The maximum absolute atomic E-state index is 13.1. The lowest BCUT2D eigenvalue weighted by molar-refractivity contribution is -0.130. The van der Waals surface area contributed by atoms with Crippen LogP contribution in [0.3, 0.4) is 0 Å². The van der Waals surface area contributed by atoms with Gasteiger partial charge in [0.1, 0.15) is 5.54 Å². The van der Waals surface area contributed by atoms with Crippen LogP contribution in [0.15, 0.2) is 48.5 Å². The van der Waals surface area contributed by atoms with Gasteiger partial charge in [0.05, 0.1) is 6.54 Å². The van der Waals surface area contributed by atoms with Crippen molar-refractivity contribution in [3.8, 4) is 0 Å². The molecule has 3 rings (SSSR count). The minimum atomic E-state index is -1.22. The van der Waals surface area contributed by atoms with Crippen molar-refractivity contribution in [3.63, 3.8) is 0 Å². The minimum Gasteiger partial charge on any atom is -0.326 e. The van der Waals surface area contributed by atoms with Crippen LogP contribution in [-0.2, 0) is 15.1 Å². The van der Waals surface area contributed by atoms with Gasteiger partial charge in [-0.2, -0.15) is 0 Å². The lowest BCUT2D eigenvalue weighted by atomic mass is 9.88. The summed E-state index contributed by atoms with van der Waals surface area (Å²) in [6.07, 6.45) is 0.409. The second-order valence-corrected chi connectivity index (χ2v) is 8.41. The van der Waals surface area contributed by atoms with Gasteiger partial charge in [0.25, 0.3) is 5.91 Å². The fourth-order valence-electron chi connectivity index (χ4n) is 3.71. The summed E-state index contributed by atoms with van der Waals surface area (Å²) in [6.45, 7) is 7.08. The van der Waals surface area contributed by atoms with E-state index < -0.39 is 17.5 Å². The molecule has 4 amide bonds. The van der Waals surface area contributed by atoms with E-state index in [2.05, 4.69) is 10.6 Å². The number of anilines is 1. The van der Waals surface area contributed by atoms with Crippen LogP contribution in [0.1, 0.15) is 48.7 Å². The molecule has 2 aromatic carbocycles. The summed E-state index contributed by atoms with van der Waals surface area (Å²) in [5, 5.41) is 5.51. The summed E-state index contributed by atoms with van der Waals surface area (Å²) in [5.74, 6) is -0.672. The Labute approximate surface area is 181 Å². The Morgan fingerprint density at radius 3 is 2.32 bits per heavy atom. The number of hydrogen-bond acceptors (Lipinski definition) is 4. The number of rotatable bonds is 7. The number of aryl methyl sites for hydroxylation is 1. The molecule has 0 aliphatic carbocycles. The fraction of sp³-hybridized carbons (Fsp3) is 0.333. The molecule has 7 nitrogen and oxygen atoms in total. The standard InChI is InChI=1S/C24H27N3O4/c1-15(2)13-21(29)25-18-11-9-17(10-12-18)20(28)14-27-22(30)24(4,26-23(27)31)19-8-6-5-7-16(19)3/h5-12,15H,13-14H2,1-4H3,(H,25,29)(H,26,31). The second-order valence-electron chi connectivity index (χ2n) is 8.41. The van der Waals surface area contributed by atoms with E-state index in [1.54, 1.807) is 37.3 Å². The summed E-state index contributed by atoms with van der Waals surface area (Å²) in [6, 6.07) is 13.2. The topological polar surface area (TPSA) is 95.6 Å². The van der Waals surface area contributed by atoms with Gasteiger partial charge in [-0.3, -0.25) is 19.3 Å². The molecule has 1 fully saturated rings. The molecule has 162 valence electrons. The Kier molecular flexibility index (Phi) is 6.24. The zero-order valence-corrected chi connectivity index (χ0v) is 18.2. The molecule has 1 aliphatic heterocycles. The summed E-state index contributed by atoms with van der Waals surface area (Å²) >= 11 is 0. The molecule has 0 bridgehead atoms. The molecule has 0 aromatic heterocycles. The number of carbonyl (C=O) groups excluding carboxylic acids is 4. The SMILES string of the molecule is Cc1ccccc1C1(C)NC(=O)N(CC(=O)c2ccc(NC(=O)CC(C)C)cc2)C1=O. The lowest BCUT2D eigenvalue weighted by Gasteiger charge is -2.24. The van der Waals surface area contributed by atoms with Crippen LogP contribution in [0.25, 0.3) is 0 Å². The first kappa shape index (κ1) is 22.2. The molecule has 0 saturated carbocycles. The Morgan fingerprint density at radius 1 is 1.06 bits per heavy atom. The molecular formula is C24H27N3O4. The smallest absolute Gasteiger partial charge is 0.325 e. The number of nitrogens with one attached hydrogen (secondary N) is 2. The van der Waals surface area contributed by atoms with Gasteiger partial charge < -0.3 is 10.6 Å². The van der Waals surface area contributed by atoms with Gasteiger partial charge in [-0.1, -0.05) is 38.1 Å². The quantitative estimate of drug-likeness (QED) is 0.527. The number of benzene rings is 2. The molecule has 0 radical (unpaired) electrons. The number of ketones is 1. The highest BCUT2D eigenvalue weighted by Crippen LogP contribution is 2.31. The predicted molar refractivity (Wildman–Crippen MR) is 118 cm³/mol. The van der Waals surface area contributed by atoms with E-state index in [-0.39, 0.29) is 24.2 Å². The Morgan fingerprint density at radius 2 is 1.71 bits per heavy atom. The Bertz CT molecular complexity index is 1030. The van der Waals surface area contributed by atoms with Gasteiger partial charge in [-0.25, -0.2) is 4.79 Å². The van der Waals surface area contributed by atoms with E-state index >= 15 is 0 Å². The fourth-order valence-corrected chi connectivity index (χ4v) is 3.71. The molecule has 1 atom stereocenters. The van der Waals surface area contributed by atoms with Gasteiger partial charge in [0.15, 0.2) is 5.78 Å². The summed E-state index contributed by atoms with van der Waals surface area (Å²) in [4.78, 5) is 51.1. The first-order valence-corrected chi connectivity index (χ1v) is 10.2. The van der Waals surface area contributed by atoms with Crippen LogP contribution >= 0.6 is 0 Å². The largest absolute Gasteiger partial charge is 0.326 e. The Balaban J connectivity index is 1.70. The third-order valence-electron chi connectivity index (χ3n) is 5.34. The van der Waals surface area contributed by atoms with E-state index in [4.69, 9.17) is 0 Å². The first-order chi connectivity index (χ1) is 14.6. The number of carbonyl (C=O) groups is 4. The summed E-state index contributed by atoms with van der Waals surface area (Å²) < 4.78 is 0. The van der Waals surface area contributed by atoms with E-state index in [1.807, 2.05) is 39.0 Å². The van der Waals surface area contributed by atoms with Crippen LogP contribution in [0.4, 0.5) is 10.5 Å². The van der Waals surface area contributed by atoms with Crippen molar-refractivity contribution in [1.82, 2.24) is 10.2 Å². The van der Waals surface area contributed by atoms with Gasteiger partial charge in [0, 0.05) is 17.7 Å². The molecule has 2 aromatic rings. The highest BCUT2D eigenvalue weighted by Gasteiger charge is 2.49. The molecule has 0 spiro atoms. The number of amides is 4. The molecule has 2 N–H and O–H groups in total. The summed E-state index contributed by atoms with van der Waals surface area (Å²) in [7, 11) is 0. The molecule has 1 saturated heterocycles. The average Bonchev–Trinajstić information content (AvgIpc) is 2.92. The molecule has 1 aliphatic rings. The van der Waals surface area contributed by atoms with Gasteiger partial charge in [-0.15, -0.1) is 0 Å². The number of nitrogens with zero attached hydrogens (tertiary/aromatic N) is 1. The van der Waals surface area contributed by atoms with E-state index in [9.17, 15) is 19.2 Å². The first-order valence-electron chi connectivity index (χ1n) is 10.2. The minimum absolute atomic E-state index is 0.0936. The third-order valence-corrected chi connectivity index (χ3v) is 5.34. The van der Waals surface area contributed by atoms with E-state index in [0.717, 1.165) is 10.5 Å². The van der Waals surface area contributed by atoms with E-state index in [0.29, 0.717) is 23.2 Å². The normalized spacial score (nSPS) is 18.3. The molecule has 1 unspecified atom stereocenters.